The Morgan fingerprint density at radius 3 is 2.26 bits per heavy atom. The van der Waals surface area contributed by atoms with Crippen LogP contribution in [0.3, 0.4) is 0 Å². The molecule has 0 unspecified atom stereocenters. The molecular weight excluding hydrogens is 417 g/mol. The molecule has 0 aliphatic rings. The van der Waals surface area contributed by atoms with Gasteiger partial charge in [0, 0.05) is 18.7 Å². The first kappa shape index (κ1) is 23.7. The van der Waals surface area contributed by atoms with Gasteiger partial charge in [-0.05, 0) is 11.6 Å². The number of para-hydroxylation sites is 1. The number of carbonyl (C=O) groups excluding carboxylic acids is 3. The van der Waals surface area contributed by atoms with Gasteiger partial charge in [-0.15, -0.1) is 13.2 Å². The first-order valence-electron chi connectivity index (χ1n) is 9.29. The van der Waals surface area contributed by atoms with Crippen molar-refractivity contribution in [1.29, 1.82) is 0 Å². The van der Waals surface area contributed by atoms with Gasteiger partial charge >= 0.3 is 12.3 Å². The SMILES string of the molecule is O=C(COC(=O)CCNC(=O)Cc1ccccc1)NCc1ccccc1OC(F)(F)F. The zero-order valence-electron chi connectivity index (χ0n) is 16.4. The molecule has 10 heteroatoms. The number of halogens is 3. The van der Waals surface area contributed by atoms with Crippen LogP contribution in [0.5, 0.6) is 5.75 Å². The number of benzene rings is 2. The molecule has 166 valence electrons. The molecule has 0 saturated carbocycles. The van der Waals surface area contributed by atoms with Crippen molar-refractivity contribution in [3.05, 3.63) is 65.7 Å². The predicted octanol–water partition coefficient (Wildman–Crippen LogP) is 2.49. The summed E-state index contributed by atoms with van der Waals surface area (Å²) in [4.78, 5) is 35.2. The van der Waals surface area contributed by atoms with Crippen LogP contribution in [0.15, 0.2) is 54.6 Å². The molecular formula is C21H21F3N2O5. The Hall–Kier alpha value is -3.56. The van der Waals surface area contributed by atoms with Gasteiger partial charge in [-0.1, -0.05) is 48.5 Å². The molecule has 0 heterocycles. The van der Waals surface area contributed by atoms with Crippen molar-refractivity contribution in [3.63, 3.8) is 0 Å². The molecule has 0 spiro atoms. The fourth-order valence-corrected chi connectivity index (χ4v) is 2.48. The minimum atomic E-state index is -4.86. The second-order valence-corrected chi connectivity index (χ2v) is 6.36. The summed E-state index contributed by atoms with van der Waals surface area (Å²) in [6.07, 6.45) is -4.81. The quantitative estimate of drug-likeness (QED) is 0.556. The first-order chi connectivity index (χ1) is 14.7. The summed E-state index contributed by atoms with van der Waals surface area (Å²) in [6.45, 7) is -0.786. The maximum absolute atomic E-state index is 12.4. The van der Waals surface area contributed by atoms with E-state index >= 15 is 0 Å². The summed E-state index contributed by atoms with van der Waals surface area (Å²) in [5.41, 5.74) is 0.946. The predicted molar refractivity (Wildman–Crippen MR) is 104 cm³/mol. The smallest absolute Gasteiger partial charge is 0.456 e. The zero-order valence-corrected chi connectivity index (χ0v) is 16.4. The molecule has 2 rings (SSSR count). The van der Waals surface area contributed by atoms with E-state index in [1.165, 1.54) is 18.2 Å². The number of esters is 1. The van der Waals surface area contributed by atoms with Crippen LogP contribution in [0.2, 0.25) is 0 Å². The normalized spacial score (nSPS) is 10.8. The highest BCUT2D eigenvalue weighted by atomic mass is 19.4. The first-order valence-corrected chi connectivity index (χ1v) is 9.29. The van der Waals surface area contributed by atoms with Crippen LogP contribution in [-0.2, 0) is 32.1 Å². The average Bonchev–Trinajstić information content (AvgIpc) is 2.71. The van der Waals surface area contributed by atoms with Crippen molar-refractivity contribution in [2.45, 2.75) is 25.7 Å². The molecule has 2 amide bonds. The Morgan fingerprint density at radius 1 is 0.871 bits per heavy atom. The van der Waals surface area contributed by atoms with Crippen molar-refractivity contribution in [2.24, 2.45) is 0 Å². The standard InChI is InChI=1S/C21H21F3N2O5/c22-21(23,24)31-17-9-5-4-8-16(17)13-26-19(28)14-30-20(29)10-11-25-18(27)12-15-6-2-1-3-7-15/h1-9H,10-14H2,(H,25,27)(H,26,28). The third kappa shape index (κ3) is 9.66. The van der Waals surface area contributed by atoms with E-state index in [1.807, 2.05) is 18.2 Å². The molecule has 0 bridgehead atoms. The molecule has 0 aliphatic heterocycles. The number of carbonyl (C=O) groups is 3. The number of hydrogen-bond acceptors (Lipinski definition) is 5. The number of rotatable bonds is 10. The summed E-state index contributed by atoms with van der Waals surface area (Å²) >= 11 is 0. The van der Waals surface area contributed by atoms with E-state index in [0.29, 0.717) is 0 Å². The molecule has 0 radical (unpaired) electrons. The molecule has 0 aromatic heterocycles. The highest BCUT2D eigenvalue weighted by Crippen LogP contribution is 2.26. The number of ether oxygens (including phenoxy) is 2. The fourth-order valence-electron chi connectivity index (χ4n) is 2.48. The van der Waals surface area contributed by atoms with Gasteiger partial charge in [-0.3, -0.25) is 14.4 Å². The molecule has 0 fully saturated rings. The van der Waals surface area contributed by atoms with E-state index in [1.54, 1.807) is 12.1 Å². The molecule has 2 aromatic rings. The van der Waals surface area contributed by atoms with Crippen LogP contribution in [-0.4, -0.2) is 37.3 Å². The van der Waals surface area contributed by atoms with Crippen LogP contribution < -0.4 is 15.4 Å². The molecule has 2 aromatic carbocycles. The minimum absolute atomic E-state index is 0.0499. The maximum atomic E-state index is 12.4. The van der Waals surface area contributed by atoms with Gasteiger partial charge in [-0.2, -0.15) is 0 Å². The summed E-state index contributed by atoms with van der Waals surface area (Å²) in [5, 5.41) is 4.92. The lowest BCUT2D eigenvalue weighted by Crippen LogP contribution is -2.31. The van der Waals surface area contributed by atoms with Gasteiger partial charge in [0.1, 0.15) is 5.75 Å². The average molecular weight is 438 g/mol. The highest BCUT2D eigenvalue weighted by molar-refractivity contribution is 5.81. The Bertz CT molecular complexity index is 888. The minimum Gasteiger partial charge on any atom is -0.456 e. The monoisotopic (exact) mass is 438 g/mol. The fraction of sp³-hybridized carbons (Fsp3) is 0.286. The summed E-state index contributed by atoms with van der Waals surface area (Å²) in [5.74, 6) is -2.07. The number of amides is 2. The summed E-state index contributed by atoms with van der Waals surface area (Å²) < 4.78 is 45.9. The lowest BCUT2D eigenvalue weighted by atomic mass is 10.1. The molecule has 31 heavy (non-hydrogen) atoms. The van der Waals surface area contributed by atoms with Crippen molar-refractivity contribution in [3.8, 4) is 5.75 Å². The lowest BCUT2D eigenvalue weighted by Gasteiger charge is -2.13. The van der Waals surface area contributed by atoms with Crippen LogP contribution in [0, 0.1) is 0 Å². The van der Waals surface area contributed by atoms with E-state index in [4.69, 9.17) is 4.74 Å². The summed E-state index contributed by atoms with van der Waals surface area (Å²) in [6, 6.07) is 14.4. The third-order valence-corrected chi connectivity index (χ3v) is 3.90. The van der Waals surface area contributed by atoms with Crippen molar-refractivity contribution in [1.82, 2.24) is 10.6 Å². The Labute approximate surface area is 176 Å². The highest BCUT2D eigenvalue weighted by Gasteiger charge is 2.32. The zero-order chi connectivity index (χ0) is 22.7. The molecule has 0 saturated heterocycles. The molecule has 0 aliphatic carbocycles. The van der Waals surface area contributed by atoms with Gasteiger partial charge in [-0.25, -0.2) is 0 Å². The Morgan fingerprint density at radius 2 is 1.55 bits per heavy atom. The van der Waals surface area contributed by atoms with Crippen LogP contribution >= 0.6 is 0 Å². The third-order valence-electron chi connectivity index (χ3n) is 3.90. The Kier molecular flexibility index (Phi) is 8.86. The lowest BCUT2D eigenvalue weighted by molar-refractivity contribution is -0.274. The van der Waals surface area contributed by atoms with Crippen LogP contribution in [0.25, 0.3) is 0 Å². The van der Waals surface area contributed by atoms with Gasteiger partial charge in [0.25, 0.3) is 5.91 Å². The van der Waals surface area contributed by atoms with Crippen molar-refractivity contribution >= 4 is 17.8 Å². The topological polar surface area (TPSA) is 93.7 Å². The van der Waals surface area contributed by atoms with E-state index in [0.717, 1.165) is 11.6 Å². The van der Waals surface area contributed by atoms with E-state index in [2.05, 4.69) is 15.4 Å². The number of hydrogen-bond donors (Lipinski definition) is 2. The number of nitrogens with one attached hydrogen (secondary N) is 2. The van der Waals surface area contributed by atoms with Crippen molar-refractivity contribution in [2.75, 3.05) is 13.2 Å². The molecule has 0 atom stereocenters. The Balaban J connectivity index is 1.65. The van der Waals surface area contributed by atoms with Gasteiger partial charge < -0.3 is 20.1 Å². The van der Waals surface area contributed by atoms with E-state index in [-0.39, 0.29) is 37.4 Å². The van der Waals surface area contributed by atoms with Gasteiger partial charge in [0.15, 0.2) is 6.61 Å². The molecule has 2 N–H and O–H groups in total. The number of alkyl halides is 3. The van der Waals surface area contributed by atoms with Crippen molar-refractivity contribution < 1.29 is 37.0 Å². The second kappa shape index (κ2) is 11.6. The van der Waals surface area contributed by atoms with Gasteiger partial charge in [0.2, 0.25) is 5.91 Å². The largest absolute Gasteiger partial charge is 0.573 e. The van der Waals surface area contributed by atoms with E-state index < -0.39 is 30.6 Å². The maximum Gasteiger partial charge on any atom is 0.573 e. The second-order valence-electron chi connectivity index (χ2n) is 6.36. The van der Waals surface area contributed by atoms with Crippen LogP contribution in [0.4, 0.5) is 13.2 Å². The van der Waals surface area contributed by atoms with E-state index in [9.17, 15) is 27.6 Å². The summed E-state index contributed by atoms with van der Waals surface area (Å²) in [7, 11) is 0. The van der Waals surface area contributed by atoms with Gasteiger partial charge in [0.05, 0.1) is 12.8 Å². The van der Waals surface area contributed by atoms with Crippen LogP contribution in [0.1, 0.15) is 17.5 Å². The molecule has 7 nitrogen and oxygen atoms in total.